The predicted molar refractivity (Wildman–Crippen MR) is 81.5 cm³/mol. The Hall–Kier alpha value is -1.10. The summed E-state index contributed by atoms with van der Waals surface area (Å²) in [5.74, 6) is 2.21. The summed E-state index contributed by atoms with van der Waals surface area (Å²) in [6.45, 7) is 3.05. The molecule has 2 heterocycles. The van der Waals surface area contributed by atoms with Gasteiger partial charge in [0.1, 0.15) is 0 Å². The maximum absolute atomic E-state index is 6.07. The Balaban J connectivity index is 1.74. The first kappa shape index (κ1) is 13.9. The smallest absolute Gasteiger partial charge is 0.231 e. The van der Waals surface area contributed by atoms with Crippen molar-refractivity contribution in [1.82, 2.24) is 15.0 Å². The van der Waals surface area contributed by atoms with Gasteiger partial charge in [0.15, 0.2) is 0 Å². The Morgan fingerprint density at radius 2 is 1.80 bits per heavy atom. The van der Waals surface area contributed by atoms with Crippen molar-refractivity contribution in [2.24, 2.45) is 5.92 Å². The van der Waals surface area contributed by atoms with Crippen LogP contribution in [0.5, 0.6) is 0 Å². The zero-order valence-electron chi connectivity index (χ0n) is 12.1. The minimum Gasteiger partial charge on any atom is -0.343 e. The molecular formula is C14H22ClN5. The van der Waals surface area contributed by atoms with Gasteiger partial charge >= 0.3 is 0 Å². The first-order valence-electron chi connectivity index (χ1n) is 7.60. The first-order chi connectivity index (χ1) is 9.72. The first-order valence-corrected chi connectivity index (χ1v) is 7.98. The zero-order chi connectivity index (χ0) is 13.9. The second-order valence-electron chi connectivity index (χ2n) is 5.93. The van der Waals surface area contributed by atoms with Crippen LogP contribution >= 0.6 is 11.6 Å². The largest absolute Gasteiger partial charge is 0.343 e. The number of rotatable bonds is 4. The summed E-state index contributed by atoms with van der Waals surface area (Å²) in [6.07, 6.45) is 7.77. The van der Waals surface area contributed by atoms with Gasteiger partial charge in [-0.15, -0.1) is 0 Å². The van der Waals surface area contributed by atoms with E-state index in [1.54, 1.807) is 0 Å². The maximum atomic E-state index is 6.07. The molecule has 1 aliphatic carbocycles. The van der Waals surface area contributed by atoms with Crippen LogP contribution in [0.2, 0.25) is 5.28 Å². The van der Waals surface area contributed by atoms with Crippen molar-refractivity contribution in [2.75, 3.05) is 36.5 Å². The summed E-state index contributed by atoms with van der Waals surface area (Å²) in [7, 11) is 2.05. The van der Waals surface area contributed by atoms with Crippen LogP contribution in [0.4, 0.5) is 11.9 Å². The number of anilines is 2. The van der Waals surface area contributed by atoms with Crippen LogP contribution in [0.25, 0.3) is 0 Å². The minimum atomic E-state index is 0.301. The molecule has 2 fully saturated rings. The predicted octanol–water partition coefficient (Wildman–Crippen LogP) is 2.75. The highest BCUT2D eigenvalue weighted by molar-refractivity contribution is 6.28. The van der Waals surface area contributed by atoms with Gasteiger partial charge in [-0.05, 0) is 43.2 Å². The number of hydrogen-bond donors (Lipinski definition) is 0. The van der Waals surface area contributed by atoms with Crippen molar-refractivity contribution < 1.29 is 0 Å². The third-order valence-electron chi connectivity index (χ3n) is 4.32. The number of nitrogens with zero attached hydrogens (tertiary/aromatic N) is 5. The van der Waals surface area contributed by atoms with E-state index >= 15 is 0 Å². The molecule has 0 amide bonds. The van der Waals surface area contributed by atoms with E-state index in [1.165, 1.54) is 38.5 Å². The maximum Gasteiger partial charge on any atom is 0.231 e. The highest BCUT2D eigenvalue weighted by Crippen LogP contribution is 2.27. The summed E-state index contributed by atoms with van der Waals surface area (Å²) >= 11 is 6.07. The summed E-state index contributed by atoms with van der Waals surface area (Å²) < 4.78 is 0. The standard InChI is InChI=1S/C14H22ClN5/c1-19(10-11-6-2-3-7-11)13-16-12(15)17-14(18-13)20-8-4-5-9-20/h11H,2-10H2,1H3. The Labute approximate surface area is 125 Å². The van der Waals surface area contributed by atoms with Crippen LogP contribution < -0.4 is 9.80 Å². The van der Waals surface area contributed by atoms with E-state index < -0.39 is 0 Å². The molecule has 20 heavy (non-hydrogen) atoms. The third kappa shape index (κ3) is 3.14. The van der Waals surface area contributed by atoms with Crippen LogP contribution in [0.3, 0.4) is 0 Å². The second-order valence-corrected chi connectivity index (χ2v) is 6.27. The molecule has 3 rings (SSSR count). The molecule has 110 valence electrons. The Morgan fingerprint density at radius 1 is 1.10 bits per heavy atom. The SMILES string of the molecule is CN(CC1CCCC1)c1nc(Cl)nc(N2CCCC2)n1. The van der Waals surface area contributed by atoms with Gasteiger partial charge in [0, 0.05) is 26.7 Å². The summed E-state index contributed by atoms with van der Waals surface area (Å²) in [5, 5.41) is 0.301. The zero-order valence-corrected chi connectivity index (χ0v) is 12.8. The van der Waals surface area contributed by atoms with Crippen LogP contribution in [-0.4, -0.2) is 41.6 Å². The summed E-state index contributed by atoms with van der Waals surface area (Å²) in [6, 6.07) is 0. The van der Waals surface area contributed by atoms with E-state index in [1.807, 2.05) is 0 Å². The lowest BCUT2D eigenvalue weighted by Gasteiger charge is -2.22. The summed E-state index contributed by atoms with van der Waals surface area (Å²) in [5.41, 5.74) is 0. The third-order valence-corrected chi connectivity index (χ3v) is 4.49. The fourth-order valence-electron chi connectivity index (χ4n) is 3.22. The Bertz CT molecular complexity index is 455. The molecule has 2 aliphatic rings. The Kier molecular flexibility index (Phi) is 4.24. The minimum absolute atomic E-state index is 0.301. The van der Waals surface area contributed by atoms with Gasteiger partial charge in [0.25, 0.3) is 0 Å². The van der Waals surface area contributed by atoms with E-state index in [4.69, 9.17) is 11.6 Å². The molecule has 6 heteroatoms. The highest BCUT2D eigenvalue weighted by atomic mass is 35.5. The van der Waals surface area contributed by atoms with Crippen molar-refractivity contribution >= 4 is 23.5 Å². The average molecular weight is 296 g/mol. The quantitative estimate of drug-likeness (QED) is 0.854. The molecule has 1 aromatic rings. The lowest BCUT2D eigenvalue weighted by molar-refractivity contribution is 0.542. The van der Waals surface area contributed by atoms with Crippen molar-refractivity contribution in [1.29, 1.82) is 0 Å². The van der Waals surface area contributed by atoms with Crippen LogP contribution in [0.15, 0.2) is 0 Å². The van der Waals surface area contributed by atoms with Gasteiger partial charge in [-0.1, -0.05) is 12.8 Å². The fourth-order valence-corrected chi connectivity index (χ4v) is 3.37. The van der Waals surface area contributed by atoms with Crippen LogP contribution in [0.1, 0.15) is 38.5 Å². The molecule has 0 radical (unpaired) electrons. The number of hydrogen-bond acceptors (Lipinski definition) is 5. The van der Waals surface area contributed by atoms with Crippen molar-refractivity contribution in [3.8, 4) is 0 Å². The molecule has 0 bridgehead atoms. The molecule has 0 atom stereocenters. The molecule has 0 N–H and O–H groups in total. The molecule has 0 spiro atoms. The molecule has 1 aliphatic heterocycles. The van der Waals surface area contributed by atoms with Gasteiger partial charge in [0.05, 0.1) is 0 Å². The topological polar surface area (TPSA) is 45.2 Å². The molecule has 1 saturated heterocycles. The van der Waals surface area contributed by atoms with Crippen molar-refractivity contribution in [2.45, 2.75) is 38.5 Å². The van der Waals surface area contributed by atoms with Crippen LogP contribution in [-0.2, 0) is 0 Å². The monoisotopic (exact) mass is 295 g/mol. The van der Waals surface area contributed by atoms with Gasteiger partial charge in [-0.25, -0.2) is 0 Å². The van der Waals surface area contributed by atoms with Crippen molar-refractivity contribution in [3.63, 3.8) is 0 Å². The molecule has 1 saturated carbocycles. The van der Waals surface area contributed by atoms with Gasteiger partial charge < -0.3 is 9.80 Å². The average Bonchev–Trinajstić information content (AvgIpc) is 3.11. The normalized spacial score (nSPS) is 19.8. The number of halogens is 1. The molecule has 1 aromatic heterocycles. The second kappa shape index (κ2) is 6.12. The van der Waals surface area contributed by atoms with Crippen molar-refractivity contribution in [3.05, 3.63) is 5.28 Å². The number of aromatic nitrogens is 3. The molecule has 5 nitrogen and oxygen atoms in total. The van der Waals surface area contributed by atoms with Gasteiger partial charge in [0.2, 0.25) is 17.2 Å². The lowest BCUT2D eigenvalue weighted by Crippen LogP contribution is -2.28. The Morgan fingerprint density at radius 3 is 2.50 bits per heavy atom. The highest BCUT2D eigenvalue weighted by Gasteiger charge is 2.21. The molecular weight excluding hydrogens is 274 g/mol. The van der Waals surface area contributed by atoms with E-state index in [2.05, 4.69) is 31.8 Å². The molecule has 0 unspecified atom stereocenters. The van der Waals surface area contributed by atoms with Gasteiger partial charge in [-0.2, -0.15) is 15.0 Å². The lowest BCUT2D eigenvalue weighted by atomic mass is 10.1. The van der Waals surface area contributed by atoms with E-state index in [0.717, 1.165) is 31.5 Å². The van der Waals surface area contributed by atoms with E-state index in [-0.39, 0.29) is 0 Å². The fraction of sp³-hybridized carbons (Fsp3) is 0.786. The summed E-state index contributed by atoms with van der Waals surface area (Å²) in [4.78, 5) is 17.5. The van der Waals surface area contributed by atoms with E-state index in [0.29, 0.717) is 11.2 Å². The van der Waals surface area contributed by atoms with Gasteiger partial charge in [-0.3, -0.25) is 0 Å². The van der Waals surface area contributed by atoms with Crippen LogP contribution in [0, 0.1) is 5.92 Å². The van der Waals surface area contributed by atoms with E-state index in [9.17, 15) is 0 Å². The molecule has 0 aromatic carbocycles.